The molecule has 1 amide bonds. The lowest BCUT2D eigenvalue weighted by Crippen LogP contribution is -2.48. The van der Waals surface area contributed by atoms with Gasteiger partial charge in [0, 0.05) is 56.1 Å². The van der Waals surface area contributed by atoms with E-state index in [1.165, 1.54) is 6.07 Å². The van der Waals surface area contributed by atoms with Gasteiger partial charge in [-0.25, -0.2) is 0 Å². The van der Waals surface area contributed by atoms with Crippen LogP contribution in [-0.4, -0.2) is 41.9 Å². The van der Waals surface area contributed by atoms with Crippen LogP contribution in [-0.2, 0) is 11.2 Å². The molecule has 1 aliphatic rings. The number of nitro benzene ring substituents is 1. The van der Waals surface area contributed by atoms with E-state index in [0.29, 0.717) is 39.0 Å². The third-order valence-corrected chi connectivity index (χ3v) is 4.70. The van der Waals surface area contributed by atoms with Crippen LogP contribution in [0.15, 0.2) is 48.5 Å². The fourth-order valence-corrected chi connectivity index (χ4v) is 3.18. The minimum absolute atomic E-state index is 0. The number of nitrogens with zero attached hydrogens (tertiary/aromatic N) is 3. The van der Waals surface area contributed by atoms with Crippen molar-refractivity contribution in [1.29, 1.82) is 0 Å². The highest BCUT2D eigenvalue weighted by molar-refractivity contribution is 5.85. The van der Waals surface area contributed by atoms with Gasteiger partial charge in [0.25, 0.3) is 5.69 Å². The Morgan fingerprint density at radius 2 is 1.71 bits per heavy atom. The van der Waals surface area contributed by atoms with Crippen LogP contribution < -0.4 is 10.6 Å². The number of halogens is 2. The van der Waals surface area contributed by atoms with Crippen molar-refractivity contribution in [3.63, 3.8) is 0 Å². The zero-order chi connectivity index (χ0) is 18.5. The Morgan fingerprint density at radius 3 is 2.36 bits per heavy atom. The molecule has 3 rings (SSSR count). The summed E-state index contributed by atoms with van der Waals surface area (Å²) in [4.78, 5) is 26.9. The molecular weight excluding hydrogens is 403 g/mol. The normalized spacial score (nSPS) is 13.3. The molecule has 1 aliphatic heterocycles. The number of hydrogen-bond acceptors (Lipinski definition) is 5. The first kappa shape index (κ1) is 23.5. The van der Waals surface area contributed by atoms with Gasteiger partial charge in [0.1, 0.15) is 0 Å². The molecule has 0 unspecified atom stereocenters. The molecule has 0 aliphatic carbocycles. The van der Waals surface area contributed by atoms with Crippen LogP contribution in [0.1, 0.15) is 12.0 Å². The van der Waals surface area contributed by atoms with Crippen molar-refractivity contribution in [2.24, 2.45) is 0 Å². The van der Waals surface area contributed by atoms with Crippen molar-refractivity contribution >= 4 is 47.8 Å². The first-order chi connectivity index (χ1) is 12.5. The van der Waals surface area contributed by atoms with Crippen LogP contribution in [0.5, 0.6) is 0 Å². The number of nitrogen functional groups attached to an aromatic ring is 1. The summed E-state index contributed by atoms with van der Waals surface area (Å²) in [5, 5.41) is 10.9. The van der Waals surface area contributed by atoms with Crippen LogP contribution in [0.2, 0.25) is 0 Å². The Balaban J connectivity index is 0.00000196. The fourth-order valence-electron chi connectivity index (χ4n) is 3.18. The average molecular weight is 427 g/mol. The maximum absolute atomic E-state index is 12.4. The molecule has 0 radical (unpaired) electrons. The lowest BCUT2D eigenvalue weighted by atomic mass is 10.1. The van der Waals surface area contributed by atoms with E-state index in [2.05, 4.69) is 4.90 Å². The molecule has 0 saturated carbocycles. The third-order valence-electron chi connectivity index (χ3n) is 4.70. The number of hydrogen-bond donors (Lipinski definition) is 1. The van der Waals surface area contributed by atoms with Crippen LogP contribution in [0.25, 0.3) is 0 Å². The van der Waals surface area contributed by atoms with E-state index >= 15 is 0 Å². The number of amides is 1. The number of non-ortho nitro benzene ring substituents is 1. The monoisotopic (exact) mass is 426 g/mol. The van der Waals surface area contributed by atoms with Crippen molar-refractivity contribution in [1.82, 2.24) is 4.90 Å². The summed E-state index contributed by atoms with van der Waals surface area (Å²) in [6.07, 6.45) is 1.07. The lowest BCUT2D eigenvalue weighted by Gasteiger charge is -2.36. The Labute approximate surface area is 176 Å². The van der Waals surface area contributed by atoms with Crippen LogP contribution in [0.3, 0.4) is 0 Å². The third kappa shape index (κ3) is 5.74. The number of para-hydroxylation sites is 1. The summed E-state index contributed by atoms with van der Waals surface area (Å²) in [6, 6.07) is 14.2. The average Bonchev–Trinajstić information content (AvgIpc) is 2.67. The summed E-state index contributed by atoms with van der Waals surface area (Å²) in [7, 11) is 0. The van der Waals surface area contributed by atoms with E-state index < -0.39 is 4.92 Å². The Morgan fingerprint density at radius 1 is 1.04 bits per heavy atom. The van der Waals surface area contributed by atoms with Gasteiger partial charge in [-0.05, 0) is 24.1 Å². The summed E-state index contributed by atoms with van der Waals surface area (Å²) >= 11 is 0. The van der Waals surface area contributed by atoms with Gasteiger partial charge in [-0.2, -0.15) is 0 Å². The van der Waals surface area contributed by atoms with Crippen molar-refractivity contribution < 1.29 is 9.72 Å². The van der Waals surface area contributed by atoms with Gasteiger partial charge in [-0.1, -0.05) is 24.3 Å². The molecule has 0 aromatic heterocycles. The van der Waals surface area contributed by atoms with Gasteiger partial charge in [0.15, 0.2) is 0 Å². The van der Waals surface area contributed by atoms with E-state index in [4.69, 9.17) is 5.73 Å². The second-order valence-corrected chi connectivity index (χ2v) is 6.34. The molecule has 7 nitrogen and oxygen atoms in total. The highest BCUT2D eigenvalue weighted by Crippen LogP contribution is 2.22. The number of carbonyl (C=O) groups excluding carboxylic acids is 1. The van der Waals surface area contributed by atoms with Gasteiger partial charge >= 0.3 is 0 Å². The molecule has 0 bridgehead atoms. The number of rotatable bonds is 5. The maximum atomic E-state index is 12.4. The van der Waals surface area contributed by atoms with Crippen molar-refractivity contribution in [2.45, 2.75) is 12.8 Å². The van der Waals surface area contributed by atoms with Gasteiger partial charge in [-0.3, -0.25) is 14.9 Å². The van der Waals surface area contributed by atoms with Crippen molar-refractivity contribution in [2.75, 3.05) is 36.8 Å². The number of carbonyl (C=O) groups is 1. The van der Waals surface area contributed by atoms with E-state index in [9.17, 15) is 14.9 Å². The highest BCUT2D eigenvalue weighted by atomic mass is 35.5. The van der Waals surface area contributed by atoms with E-state index in [1.807, 2.05) is 35.2 Å². The fraction of sp³-hybridized carbons (Fsp3) is 0.316. The van der Waals surface area contributed by atoms with Gasteiger partial charge in [0.2, 0.25) is 5.91 Å². The van der Waals surface area contributed by atoms with Crippen LogP contribution in [0, 0.1) is 10.1 Å². The number of anilines is 2. The largest absolute Gasteiger partial charge is 0.399 e. The van der Waals surface area contributed by atoms with Crippen LogP contribution in [0.4, 0.5) is 17.1 Å². The molecule has 1 saturated heterocycles. The van der Waals surface area contributed by atoms with E-state index in [1.54, 1.807) is 12.1 Å². The molecule has 2 N–H and O–H groups in total. The lowest BCUT2D eigenvalue weighted by molar-refractivity contribution is -0.384. The topological polar surface area (TPSA) is 92.7 Å². The summed E-state index contributed by atoms with van der Waals surface area (Å²) < 4.78 is 0. The number of benzene rings is 2. The van der Waals surface area contributed by atoms with Gasteiger partial charge in [0.05, 0.1) is 4.92 Å². The Hall–Kier alpha value is -2.51. The highest BCUT2D eigenvalue weighted by Gasteiger charge is 2.22. The molecular formula is C19H24Cl2N4O3. The second kappa shape index (κ2) is 10.7. The summed E-state index contributed by atoms with van der Waals surface area (Å²) in [6.45, 7) is 2.57. The molecule has 2 aromatic rings. The molecule has 152 valence electrons. The zero-order valence-electron chi connectivity index (χ0n) is 15.3. The molecule has 0 atom stereocenters. The number of nitro groups is 1. The Kier molecular flexibility index (Phi) is 9.02. The minimum Gasteiger partial charge on any atom is -0.399 e. The predicted octanol–water partition coefficient (Wildman–Crippen LogP) is 3.30. The smallest absolute Gasteiger partial charge is 0.271 e. The molecule has 28 heavy (non-hydrogen) atoms. The first-order valence-corrected chi connectivity index (χ1v) is 8.65. The quantitative estimate of drug-likeness (QED) is 0.449. The van der Waals surface area contributed by atoms with Crippen molar-refractivity contribution in [3.8, 4) is 0 Å². The van der Waals surface area contributed by atoms with Gasteiger partial charge in [-0.15, -0.1) is 24.8 Å². The van der Waals surface area contributed by atoms with Crippen LogP contribution >= 0.6 is 24.8 Å². The standard InChI is InChI=1S/C19H22N4O3.2ClH/c20-18-7-2-1-4-15(18)8-9-19(24)22-12-10-21(11-13-22)16-5-3-6-17(14-16)23(25)26;;/h1-7,14H,8-13,20H2;2*1H. The number of nitrogens with two attached hydrogens (primary N) is 1. The summed E-state index contributed by atoms with van der Waals surface area (Å²) in [5.41, 5.74) is 8.54. The molecule has 1 fully saturated rings. The number of aryl methyl sites for hydroxylation is 1. The molecule has 1 heterocycles. The maximum Gasteiger partial charge on any atom is 0.271 e. The SMILES string of the molecule is Cl.Cl.Nc1ccccc1CCC(=O)N1CCN(c2cccc([N+](=O)[O-])c2)CC1. The van der Waals surface area contributed by atoms with E-state index in [0.717, 1.165) is 16.9 Å². The molecule has 0 spiro atoms. The molecule has 2 aromatic carbocycles. The molecule has 9 heteroatoms. The Bertz CT molecular complexity index is 811. The first-order valence-electron chi connectivity index (χ1n) is 8.65. The van der Waals surface area contributed by atoms with E-state index in [-0.39, 0.29) is 36.4 Å². The number of piperazine rings is 1. The second-order valence-electron chi connectivity index (χ2n) is 6.34. The minimum atomic E-state index is -0.390. The van der Waals surface area contributed by atoms with Crippen molar-refractivity contribution in [3.05, 3.63) is 64.2 Å². The summed E-state index contributed by atoms with van der Waals surface area (Å²) in [5.74, 6) is 0.118. The van der Waals surface area contributed by atoms with Gasteiger partial charge < -0.3 is 15.5 Å². The zero-order valence-corrected chi connectivity index (χ0v) is 17.0. The predicted molar refractivity (Wildman–Crippen MR) is 116 cm³/mol.